The van der Waals surface area contributed by atoms with Gasteiger partial charge in [0.2, 0.25) is 0 Å². The average Bonchev–Trinajstić information content (AvgIpc) is 3.07. The number of benzene rings is 1. The van der Waals surface area contributed by atoms with Crippen LogP contribution in [0.2, 0.25) is 0 Å². The fraction of sp³-hybridized carbons (Fsp3) is 0.714. The third-order valence-corrected chi connectivity index (χ3v) is 11.1. The number of carbonyl (C=O) groups excluding carboxylic acids is 2. The predicted octanol–water partition coefficient (Wildman–Crippen LogP) is 10.2. The van der Waals surface area contributed by atoms with Crippen LogP contribution in [0.4, 0.5) is 0 Å². The van der Waals surface area contributed by atoms with Crippen molar-refractivity contribution in [2.45, 2.75) is 172 Å². The van der Waals surface area contributed by atoms with Gasteiger partial charge in [0.1, 0.15) is 11.5 Å². The maximum atomic E-state index is 12.3. The summed E-state index contributed by atoms with van der Waals surface area (Å²) in [4.78, 5) is 24.4. The Hall–Kier alpha value is -2.54. The molecule has 1 aliphatic rings. The molecule has 0 bridgehead atoms. The average molecular weight is 803 g/mol. The standard InChI is InChI=1S/C20H34O5S.C20H32O5S.2CH4/c2*1-15-16(2)20(22)18(17(3)19(15)21)13-11-9-7-5-6-8-10-12-14-25-26(4,23)24;;/h21-22H,5-14H2,1-4H3;5-14H2,1-4H3;2*1H4. The van der Waals surface area contributed by atoms with Crippen LogP contribution in [0.15, 0.2) is 22.3 Å². The molecule has 0 atom stereocenters. The van der Waals surface area contributed by atoms with Crippen LogP contribution < -0.4 is 0 Å². The van der Waals surface area contributed by atoms with E-state index in [-0.39, 0.29) is 39.6 Å². The number of unbranched alkanes of at least 4 members (excludes halogenated alkanes) is 14. The minimum Gasteiger partial charge on any atom is -0.507 e. The van der Waals surface area contributed by atoms with E-state index in [1.165, 1.54) is 0 Å². The largest absolute Gasteiger partial charge is 0.507 e. The van der Waals surface area contributed by atoms with E-state index in [2.05, 4.69) is 0 Å². The summed E-state index contributed by atoms with van der Waals surface area (Å²) < 4.78 is 52.6. The van der Waals surface area contributed by atoms with Crippen LogP contribution in [0.1, 0.15) is 167 Å². The number of rotatable bonds is 24. The number of Topliss-reactive ketones (excluding diaryl/α,β-unsaturated/α-hetero) is 2. The van der Waals surface area contributed by atoms with Gasteiger partial charge in [-0.3, -0.25) is 18.0 Å². The Kier molecular flexibility index (Phi) is 26.9. The maximum Gasteiger partial charge on any atom is 0.264 e. The molecule has 0 radical (unpaired) electrons. The van der Waals surface area contributed by atoms with Gasteiger partial charge < -0.3 is 10.2 Å². The summed E-state index contributed by atoms with van der Waals surface area (Å²) in [6.07, 6.45) is 20.2. The van der Waals surface area contributed by atoms with Gasteiger partial charge in [0.15, 0.2) is 11.6 Å². The zero-order valence-electron chi connectivity index (χ0n) is 33.1. The molecule has 0 amide bonds. The molecule has 1 aliphatic carbocycles. The Balaban J connectivity index is 0. The number of aromatic hydroxyl groups is 2. The Labute approximate surface area is 329 Å². The van der Waals surface area contributed by atoms with Crippen molar-refractivity contribution in [1.82, 2.24) is 0 Å². The van der Waals surface area contributed by atoms with Crippen LogP contribution in [-0.4, -0.2) is 64.3 Å². The first kappa shape index (κ1) is 53.6. The van der Waals surface area contributed by atoms with Crippen LogP contribution >= 0.6 is 0 Å². The molecule has 0 aliphatic heterocycles. The third kappa shape index (κ3) is 20.4. The molecule has 0 aromatic heterocycles. The second-order valence-electron chi connectivity index (χ2n) is 14.3. The van der Waals surface area contributed by atoms with Crippen molar-refractivity contribution in [2.75, 3.05) is 25.7 Å². The number of phenolic OH excluding ortho intramolecular Hbond substituents is 2. The van der Waals surface area contributed by atoms with E-state index in [4.69, 9.17) is 8.37 Å². The SMILES string of the molecule is C.C.CC1=C(C)C(=O)C(CCCCCCCCCCOS(C)(=O)=O)=C(C)C1=O.Cc1c(C)c(O)c(CCCCCCCCCCOS(C)(=O)=O)c(C)c1O. The Morgan fingerprint density at radius 1 is 0.444 bits per heavy atom. The van der Waals surface area contributed by atoms with Gasteiger partial charge in [-0.25, -0.2) is 0 Å². The van der Waals surface area contributed by atoms with E-state index in [9.17, 15) is 36.6 Å². The van der Waals surface area contributed by atoms with Gasteiger partial charge in [-0.05, 0) is 96.8 Å². The van der Waals surface area contributed by atoms with Gasteiger partial charge in [0, 0.05) is 27.9 Å². The second-order valence-corrected chi connectivity index (χ2v) is 17.6. The molecule has 0 fully saturated rings. The van der Waals surface area contributed by atoms with Crippen molar-refractivity contribution >= 4 is 31.8 Å². The van der Waals surface area contributed by atoms with E-state index in [0.717, 1.165) is 144 Å². The van der Waals surface area contributed by atoms with Gasteiger partial charge in [0.25, 0.3) is 20.2 Å². The first-order valence-corrected chi connectivity index (χ1v) is 22.6. The fourth-order valence-electron chi connectivity index (χ4n) is 6.30. The minimum atomic E-state index is -3.31. The molecular formula is C42H74O10S2. The molecule has 2 rings (SSSR count). The lowest BCUT2D eigenvalue weighted by atomic mass is 9.84. The summed E-state index contributed by atoms with van der Waals surface area (Å²) in [7, 11) is -6.61. The molecule has 0 spiro atoms. The molecule has 1 aromatic rings. The number of hydrogen-bond donors (Lipinski definition) is 2. The zero-order chi connectivity index (χ0) is 39.5. The minimum absolute atomic E-state index is 0. The summed E-state index contributed by atoms with van der Waals surface area (Å²) in [5.74, 6) is 0.678. The fourth-order valence-corrected chi connectivity index (χ4v) is 7.14. The van der Waals surface area contributed by atoms with Crippen molar-refractivity contribution in [3.05, 3.63) is 44.5 Å². The summed E-state index contributed by atoms with van der Waals surface area (Å²) in [6.45, 7) is 11.3. The van der Waals surface area contributed by atoms with Gasteiger partial charge >= 0.3 is 0 Å². The highest BCUT2D eigenvalue weighted by atomic mass is 32.2. The molecule has 0 heterocycles. The highest BCUT2D eigenvalue weighted by molar-refractivity contribution is 7.86. The van der Waals surface area contributed by atoms with E-state index in [0.29, 0.717) is 40.2 Å². The molecule has 10 nitrogen and oxygen atoms in total. The Morgan fingerprint density at radius 2 is 0.778 bits per heavy atom. The van der Waals surface area contributed by atoms with Gasteiger partial charge in [-0.15, -0.1) is 0 Å². The third-order valence-electron chi connectivity index (χ3n) is 9.91. The molecule has 0 saturated heterocycles. The summed E-state index contributed by atoms with van der Waals surface area (Å²) in [5.41, 5.74) is 5.68. The number of phenols is 2. The summed E-state index contributed by atoms with van der Waals surface area (Å²) in [6, 6.07) is 0. The molecule has 2 N–H and O–H groups in total. The van der Waals surface area contributed by atoms with Crippen molar-refractivity contribution in [1.29, 1.82) is 0 Å². The van der Waals surface area contributed by atoms with Gasteiger partial charge in [-0.2, -0.15) is 16.8 Å². The van der Waals surface area contributed by atoms with E-state index < -0.39 is 20.2 Å². The first-order chi connectivity index (χ1) is 24.3. The van der Waals surface area contributed by atoms with Crippen molar-refractivity contribution in [2.24, 2.45) is 0 Å². The monoisotopic (exact) mass is 802 g/mol. The van der Waals surface area contributed by atoms with Crippen LogP contribution in [-0.2, 0) is 44.6 Å². The van der Waals surface area contributed by atoms with Crippen LogP contribution in [0.5, 0.6) is 11.5 Å². The second kappa shape index (κ2) is 27.1. The lowest BCUT2D eigenvalue weighted by Crippen LogP contribution is -2.20. The Bertz CT molecular complexity index is 1570. The molecule has 0 unspecified atom stereocenters. The summed E-state index contributed by atoms with van der Waals surface area (Å²) >= 11 is 0. The molecule has 54 heavy (non-hydrogen) atoms. The number of allylic oxidation sites excluding steroid dienone is 4. The normalized spacial score (nSPS) is 13.4. The van der Waals surface area contributed by atoms with Gasteiger partial charge in [0.05, 0.1) is 25.7 Å². The van der Waals surface area contributed by atoms with Crippen molar-refractivity contribution < 1.29 is 45.0 Å². The van der Waals surface area contributed by atoms with Crippen LogP contribution in [0, 0.1) is 20.8 Å². The van der Waals surface area contributed by atoms with E-state index in [1.807, 2.05) is 20.8 Å². The lowest BCUT2D eigenvalue weighted by Gasteiger charge is -2.18. The number of hydrogen-bond acceptors (Lipinski definition) is 10. The molecule has 1 aromatic carbocycles. The topological polar surface area (TPSA) is 161 Å². The molecular weight excluding hydrogens is 729 g/mol. The highest BCUT2D eigenvalue weighted by Gasteiger charge is 2.27. The first-order valence-electron chi connectivity index (χ1n) is 19.0. The lowest BCUT2D eigenvalue weighted by molar-refractivity contribution is -0.116. The van der Waals surface area contributed by atoms with Gasteiger partial charge in [-0.1, -0.05) is 91.9 Å². The smallest absolute Gasteiger partial charge is 0.264 e. The molecule has 12 heteroatoms. The van der Waals surface area contributed by atoms with Crippen LogP contribution in [0.25, 0.3) is 0 Å². The van der Waals surface area contributed by atoms with Crippen molar-refractivity contribution in [3.63, 3.8) is 0 Å². The molecule has 314 valence electrons. The number of carbonyl (C=O) groups is 2. The zero-order valence-corrected chi connectivity index (χ0v) is 34.8. The van der Waals surface area contributed by atoms with Crippen LogP contribution in [0.3, 0.4) is 0 Å². The van der Waals surface area contributed by atoms with E-state index >= 15 is 0 Å². The maximum absolute atomic E-state index is 12.3. The molecule has 0 saturated carbocycles. The predicted molar refractivity (Wildman–Crippen MR) is 222 cm³/mol. The Morgan fingerprint density at radius 3 is 1.19 bits per heavy atom. The van der Waals surface area contributed by atoms with Crippen molar-refractivity contribution in [3.8, 4) is 11.5 Å². The summed E-state index contributed by atoms with van der Waals surface area (Å²) in [5, 5.41) is 20.5. The number of ketones is 2. The van der Waals surface area contributed by atoms with E-state index in [1.54, 1.807) is 20.8 Å². The highest BCUT2D eigenvalue weighted by Crippen LogP contribution is 2.37. The quantitative estimate of drug-likeness (QED) is 0.0445.